The van der Waals surface area contributed by atoms with E-state index in [4.69, 9.17) is 11.5 Å². The molecule has 1 aromatic carbocycles. The quantitative estimate of drug-likeness (QED) is 0.786. The van der Waals surface area contributed by atoms with Crippen molar-refractivity contribution in [3.05, 3.63) is 29.8 Å². The van der Waals surface area contributed by atoms with Gasteiger partial charge in [0.1, 0.15) is 5.75 Å². The minimum atomic E-state index is -2.84. The summed E-state index contributed by atoms with van der Waals surface area (Å²) in [5.41, 5.74) is 11.7. The summed E-state index contributed by atoms with van der Waals surface area (Å²) in [4.78, 5) is 0. The molecule has 0 spiro atoms. The fraction of sp³-hybridized carbons (Fsp3) is 0.400. The molecule has 15 heavy (non-hydrogen) atoms. The topological polar surface area (TPSA) is 61.3 Å². The van der Waals surface area contributed by atoms with Gasteiger partial charge in [0.05, 0.1) is 0 Å². The van der Waals surface area contributed by atoms with E-state index in [1.807, 2.05) is 0 Å². The first-order valence-electron chi connectivity index (χ1n) is 4.64. The van der Waals surface area contributed by atoms with E-state index >= 15 is 0 Å². The van der Waals surface area contributed by atoms with Crippen LogP contribution in [0.1, 0.15) is 18.0 Å². The van der Waals surface area contributed by atoms with Crippen LogP contribution >= 0.6 is 0 Å². The molecule has 1 rings (SSSR count). The lowest BCUT2D eigenvalue weighted by atomic mass is 10.0. The van der Waals surface area contributed by atoms with Crippen molar-refractivity contribution in [1.29, 1.82) is 0 Å². The lowest BCUT2D eigenvalue weighted by Gasteiger charge is -2.15. The van der Waals surface area contributed by atoms with Gasteiger partial charge in [-0.2, -0.15) is 8.78 Å². The van der Waals surface area contributed by atoms with Gasteiger partial charge in [-0.25, -0.2) is 0 Å². The highest BCUT2D eigenvalue weighted by molar-refractivity contribution is 5.35. The van der Waals surface area contributed by atoms with Gasteiger partial charge in [0.25, 0.3) is 0 Å². The molecule has 0 fully saturated rings. The van der Waals surface area contributed by atoms with Crippen LogP contribution in [0.15, 0.2) is 24.3 Å². The number of ether oxygens (including phenoxy) is 1. The van der Waals surface area contributed by atoms with Crippen molar-refractivity contribution in [1.82, 2.24) is 0 Å². The van der Waals surface area contributed by atoms with Crippen LogP contribution in [0.3, 0.4) is 0 Å². The van der Waals surface area contributed by atoms with E-state index in [0.717, 1.165) is 0 Å². The third-order valence-electron chi connectivity index (χ3n) is 2.01. The first-order valence-corrected chi connectivity index (χ1v) is 4.64. The number of hydrogen-bond acceptors (Lipinski definition) is 3. The molecule has 0 amide bonds. The molecule has 0 aromatic heterocycles. The van der Waals surface area contributed by atoms with E-state index in [-0.39, 0.29) is 11.8 Å². The Morgan fingerprint density at radius 2 is 1.93 bits per heavy atom. The molecule has 3 nitrogen and oxygen atoms in total. The number of alkyl halides is 2. The molecule has 4 N–H and O–H groups in total. The van der Waals surface area contributed by atoms with Crippen LogP contribution in [0.5, 0.6) is 5.75 Å². The molecule has 1 atom stereocenters. The SMILES string of the molecule is NCC[C@H](N)c1ccccc1OC(F)F. The lowest BCUT2D eigenvalue weighted by Crippen LogP contribution is -2.17. The highest BCUT2D eigenvalue weighted by Gasteiger charge is 2.13. The highest BCUT2D eigenvalue weighted by Crippen LogP contribution is 2.26. The summed E-state index contributed by atoms with van der Waals surface area (Å²) in [5, 5.41) is 0. The second-order valence-corrected chi connectivity index (χ2v) is 3.10. The monoisotopic (exact) mass is 216 g/mol. The molecule has 84 valence electrons. The predicted octanol–water partition coefficient (Wildman–Crippen LogP) is 1.64. The average molecular weight is 216 g/mol. The van der Waals surface area contributed by atoms with Crippen LogP contribution in [-0.4, -0.2) is 13.2 Å². The zero-order valence-electron chi connectivity index (χ0n) is 8.20. The Morgan fingerprint density at radius 1 is 1.27 bits per heavy atom. The molecule has 0 unspecified atom stereocenters. The van der Waals surface area contributed by atoms with Crippen LogP contribution in [-0.2, 0) is 0 Å². The Balaban J connectivity index is 2.85. The zero-order chi connectivity index (χ0) is 11.3. The number of benzene rings is 1. The van der Waals surface area contributed by atoms with Gasteiger partial charge in [-0.3, -0.25) is 0 Å². The van der Waals surface area contributed by atoms with Crippen LogP contribution in [0, 0.1) is 0 Å². The molecule has 0 heterocycles. The second-order valence-electron chi connectivity index (χ2n) is 3.10. The molecule has 5 heteroatoms. The first-order chi connectivity index (χ1) is 7.15. The molecular weight excluding hydrogens is 202 g/mol. The predicted molar refractivity (Wildman–Crippen MR) is 53.7 cm³/mol. The van der Waals surface area contributed by atoms with Gasteiger partial charge < -0.3 is 16.2 Å². The lowest BCUT2D eigenvalue weighted by molar-refractivity contribution is -0.0506. The Hall–Kier alpha value is -1.20. The normalized spacial score (nSPS) is 12.9. The summed E-state index contributed by atoms with van der Waals surface area (Å²) in [6.07, 6.45) is 0.531. The molecule has 0 aliphatic heterocycles. The fourth-order valence-corrected chi connectivity index (χ4v) is 1.33. The molecule has 0 saturated heterocycles. The van der Waals surface area contributed by atoms with E-state index in [0.29, 0.717) is 18.5 Å². The van der Waals surface area contributed by atoms with Crippen molar-refractivity contribution in [2.24, 2.45) is 11.5 Å². The third kappa shape index (κ3) is 3.45. The van der Waals surface area contributed by atoms with Crippen molar-refractivity contribution in [2.75, 3.05) is 6.54 Å². The molecule has 0 radical (unpaired) electrons. The van der Waals surface area contributed by atoms with Gasteiger partial charge in [0, 0.05) is 11.6 Å². The van der Waals surface area contributed by atoms with Crippen molar-refractivity contribution >= 4 is 0 Å². The Kier molecular flexibility index (Phi) is 4.45. The van der Waals surface area contributed by atoms with Crippen LogP contribution < -0.4 is 16.2 Å². The highest BCUT2D eigenvalue weighted by atomic mass is 19.3. The van der Waals surface area contributed by atoms with Crippen LogP contribution in [0.4, 0.5) is 8.78 Å². The summed E-state index contributed by atoms with van der Waals surface area (Å²) in [5.74, 6) is 0.119. The van der Waals surface area contributed by atoms with E-state index < -0.39 is 6.61 Å². The summed E-state index contributed by atoms with van der Waals surface area (Å²) in [6, 6.07) is 6.11. The molecular formula is C10H14F2N2O. The fourth-order valence-electron chi connectivity index (χ4n) is 1.33. The Labute approximate surface area is 87.0 Å². The number of rotatable bonds is 5. The van der Waals surface area contributed by atoms with E-state index in [2.05, 4.69) is 4.74 Å². The van der Waals surface area contributed by atoms with Gasteiger partial charge in [0.15, 0.2) is 0 Å². The summed E-state index contributed by atoms with van der Waals surface area (Å²) >= 11 is 0. The maximum absolute atomic E-state index is 12.1. The van der Waals surface area contributed by atoms with E-state index in [1.165, 1.54) is 6.07 Å². The van der Waals surface area contributed by atoms with Gasteiger partial charge in [-0.05, 0) is 19.0 Å². The third-order valence-corrected chi connectivity index (χ3v) is 2.01. The summed E-state index contributed by atoms with van der Waals surface area (Å²) in [7, 11) is 0. The van der Waals surface area contributed by atoms with Gasteiger partial charge in [-0.15, -0.1) is 0 Å². The Bertz CT molecular complexity index is 307. The number of hydrogen-bond donors (Lipinski definition) is 2. The van der Waals surface area contributed by atoms with Gasteiger partial charge >= 0.3 is 6.61 Å². The molecule has 0 aliphatic carbocycles. The second kappa shape index (κ2) is 5.63. The van der Waals surface area contributed by atoms with Gasteiger partial charge in [-0.1, -0.05) is 18.2 Å². The van der Waals surface area contributed by atoms with Crippen LogP contribution in [0.2, 0.25) is 0 Å². The van der Waals surface area contributed by atoms with Crippen molar-refractivity contribution in [3.8, 4) is 5.75 Å². The van der Waals surface area contributed by atoms with Crippen molar-refractivity contribution in [3.63, 3.8) is 0 Å². The average Bonchev–Trinajstić information content (AvgIpc) is 2.18. The molecule has 0 saturated carbocycles. The van der Waals surface area contributed by atoms with Gasteiger partial charge in [0.2, 0.25) is 0 Å². The minimum Gasteiger partial charge on any atom is -0.434 e. The standard InChI is InChI=1S/C10H14F2N2O/c11-10(12)15-9-4-2-1-3-7(9)8(14)5-6-13/h1-4,8,10H,5-6,13-14H2/t8-/m0/s1. The number of halogens is 2. The molecule has 0 aliphatic rings. The number of nitrogens with two attached hydrogens (primary N) is 2. The van der Waals surface area contributed by atoms with E-state index in [1.54, 1.807) is 18.2 Å². The van der Waals surface area contributed by atoms with Crippen LogP contribution in [0.25, 0.3) is 0 Å². The minimum absolute atomic E-state index is 0.119. The maximum Gasteiger partial charge on any atom is 0.387 e. The smallest absolute Gasteiger partial charge is 0.387 e. The zero-order valence-corrected chi connectivity index (χ0v) is 8.20. The largest absolute Gasteiger partial charge is 0.434 e. The Morgan fingerprint density at radius 3 is 2.53 bits per heavy atom. The first kappa shape index (κ1) is 11.9. The summed E-state index contributed by atoms with van der Waals surface area (Å²) in [6.45, 7) is -2.43. The van der Waals surface area contributed by atoms with E-state index in [9.17, 15) is 8.78 Å². The molecule has 1 aromatic rings. The summed E-state index contributed by atoms with van der Waals surface area (Å²) < 4.78 is 28.5. The van der Waals surface area contributed by atoms with Crippen molar-refractivity contribution in [2.45, 2.75) is 19.1 Å². The maximum atomic E-state index is 12.1. The number of para-hydroxylation sites is 1. The van der Waals surface area contributed by atoms with Crippen molar-refractivity contribution < 1.29 is 13.5 Å². The molecule has 0 bridgehead atoms.